The molecule has 23 heavy (non-hydrogen) atoms. The molecule has 0 spiro atoms. The molecule has 7 nitrogen and oxygen atoms in total. The summed E-state index contributed by atoms with van der Waals surface area (Å²) < 4.78 is 5.34. The van der Waals surface area contributed by atoms with Gasteiger partial charge in [0.1, 0.15) is 5.60 Å². The lowest BCUT2D eigenvalue weighted by atomic mass is 9.86. The molecule has 132 valence electrons. The molecule has 1 amide bonds. The van der Waals surface area contributed by atoms with Crippen LogP contribution >= 0.6 is 0 Å². The summed E-state index contributed by atoms with van der Waals surface area (Å²) in [6.45, 7) is 8.07. The number of aliphatic carboxylic acids is 1. The lowest BCUT2D eigenvalue weighted by Crippen LogP contribution is -2.72. The Morgan fingerprint density at radius 2 is 2.00 bits per heavy atom. The van der Waals surface area contributed by atoms with E-state index in [1.165, 1.54) is 6.42 Å². The minimum absolute atomic E-state index is 0.0166. The predicted molar refractivity (Wildman–Crippen MR) is 86.4 cm³/mol. The molecule has 0 radical (unpaired) electrons. The number of carboxylic acids is 1. The zero-order chi connectivity index (χ0) is 17.3. The minimum Gasteiger partial charge on any atom is -0.481 e. The van der Waals surface area contributed by atoms with Crippen LogP contribution in [-0.2, 0) is 9.53 Å². The number of likely N-dealkylation sites (tertiary alicyclic amines) is 2. The third-order valence-electron chi connectivity index (χ3n) is 4.51. The highest BCUT2D eigenvalue weighted by Crippen LogP contribution is 2.27. The van der Waals surface area contributed by atoms with Gasteiger partial charge in [0.2, 0.25) is 0 Å². The summed E-state index contributed by atoms with van der Waals surface area (Å²) in [7, 11) is 2.09. The molecule has 0 aliphatic carbocycles. The van der Waals surface area contributed by atoms with Gasteiger partial charge < -0.3 is 25.0 Å². The molecule has 7 heteroatoms. The van der Waals surface area contributed by atoms with E-state index in [1.807, 2.05) is 20.8 Å². The number of amides is 1. The van der Waals surface area contributed by atoms with Crippen LogP contribution in [0.4, 0.5) is 4.79 Å². The standard InChI is InChI=1S/C16H29N3O4/c1-15(2,3)23-14(22)19-10-16(11-19,8-13(20)21)17-9-12-6-5-7-18(12)4/h12,17H,5-11H2,1-4H3,(H,20,21). The highest BCUT2D eigenvalue weighted by molar-refractivity contribution is 5.73. The number of carboxylic acid groups (broad SMARTS) is 1. The Hall–Kier alpha value is -1.34. The molecule has 0 aromatic heterocycles. The SMILES string of the molecule is CN1CCCC1CNC1(CC(=O)O)CN(C(=O)OC(C)(C)C)C1. The summed E-state index contributed by atoms with van der Waals surface area (Å²) in [5, 5.41) is 12.6. The van der Waals surface area contributed by atoms with Crippen LogP contribution < -0.4 is 5.32 Å². The summed E-state index contributed by atoms with van der Waals surface area (Å²) in [6, 6.07) is 0.441. The van der Waals surface area contributed by atoms with Gasteiger partial charge in [-0.05, 0) is 47.2 Å². The predicted octanol–water partition coefficient (Wildman–Crippen LogP) is 1.13. The van der Waals surface area contributed by atoms with E-state index in [-0.39, 0.29) is 12.5 Å². The number of nitrogens with one attached hydrogen (secondary N) is 1. The molecule has 2 heterocycles. The Balaban J connectivity index is 1.89. The number of nitrogens with zero attached hydrogens (tertiary/aromatic N) is 2. The highest BCUT2D eigenvalue weighted by Gasteiger charge is 2.48. The van der Waals surface area contributed by atoms with Crippen LogP contribution in [0.25, 0.3) is 0 Å². The van der Waals surface area contributed by atoms with Crippen LogP contribution in [-0.4, -0.2) is 77.4 Å². The molecular formula is C16H29N3O4. The van der Waals surface area contributed by atoms with Crippen molar-refractivity contribution in [1.29, 1.82) is 0 Å². The second kappa shape index (κ2) is 6.65. The van der Waals surface area contributed by atoms with Crippen LogP contribution in [0.3, 0.4) is 0 Å². The fourth-order valence-corrected chi connectivity index (χ4v) is 3.29. The van der Waals surface area contributed by atoms with Crippen molar-refractivity contribution in [3.05, 3.63) is 0 Å². The normalized spacial score (nSPS) is 24.3. The molecular weight excluding hydrogens is 298 g/mol. The number of hydrogen-bond donors (Lipinski definition) is 2. The van der Waals surface area contributed by atoms with Gasteiger partial charge in [-0.2, -0.15) is 0 Å². The zero-order valence-electron chi connectivity index (χ0n) is 14.6. The fourth-order valence-electron chi connectivity index (χ4n) is 3.29. The first kappa shape index (κ1) is 18.0. The van der Waals surface area contributed by atoms with Gasteiger partial charge in [0, 0.05) is 25.7 Å². The lowest BCUT2D eigenvalue weighted by molar-refractivity contribution is -0.141. The van der Waals surface area contributed by atoms with E-state index in [4.69, 9.17) is 4.74 Å². The Morgan fingerprint density at radius 3 is 2.48 bits per heavy atom. The minimum atomic E-state index is -0.846. The number of likely N-dealkylation sites (N-methyl/N-ethyl adjacent to an activating group) is 1. The second-order valence-electron chi connectivity index (χ2n) is 7.84. The van der Waals surface area contributed by atoms with Gasteiger partial charge in [0.05, 0.1) is 12.0 Å². The molecule has 1 unspecified atom stereocenters. The van der Waals surface area contributed by atoms with Crippen molar-refractivity contribution in [3.8, 4) is 0 Å². The van der Waals surface area contributed by atoms with Gasteiger partial charge in [-0.15, -0.1) is 0 Å². The molecule has 0 aromatic rings. The van der Waals surface area contributed by atoms with Crippen molar-refractivity contribution in [2.24, 2.45) is 0 Å². The van der Waals surface area contributed by atoms with Crippen molar-refractivity contribution >= 4 is 12.1 Å². The van der Waals surface area contributed by atoms with Gasteiger partial charge in [0.15, 0.2) is 0 Å². The van der Waals surface area contributed by atoms with Crippen LogP contribution in [0.5, 0.6) is 0 Å². The van der Waals surface area contributed by atoms with Crippen molar-refractivity contribution in [1.82, 2.24) is 15.1 Å². The van der Waals surface area contributed by atoms with Crippen molar-refractivity contribution < 1.29 is 19.4 Å². The first-order valence-electron chi connectivity index (χ1n) is 8.25. The molecule has 0 bridgehead atoms. The van der Waals surface area contributed by atoms with Gasteiger partial charge in [-0.25, -0.2) is 4.79 Å². The maximum absolute atomic E-state index is 12.0. The number of carbonyl (C=O) groups is 2. The van der Waals surface area contributed by atoms with E-state index in [0.717, 1.165) is 19.5 Å². The third-order valence-corrected chi connectivity index (χ3v) is 4.51. The Labute approximate surface area is 138 Å². The fraction of sp³-hybridized carbons (Fsp3) is 0.875. The molecule has 0 saturated carbocycles. The number of hydrogen-bond acceptors (Lipinski definition) is 5. The van der Waals surface area contributed by atoms with Crippen LogP contribution in [0, 0.1) is 0 Å². The maximum Gasteiger partial charge on any atom is 0.410 e. The third kappa shape index (κ3) is 4.81. The molecule has 2 aliphatic heterocycles. The van der Waals surface area contributed by atoms with E-state index in [2.05, 4.69) is 17.3 Å². The summed E-state index contributed by atoms with van der Waals surface area (Å²) in [5.41, 5.74) is -1.08. The monoisotopic (exact) mass is 327 g/mol. The van der Waals surface area contributed by atoms with E-state index in [0.29, 0.717) is 19.1 Å². The molecule has 2 saturated heterocycles. The van der Waals surface area contributed by atoms with E-state index >= 15 is 0 Å². The Morgan fingerprint density at radius 1 is 1.35 bits per heavy atom. The average Bonchev–Trinajstić information content (AvgIpc) is 2.74. The molecule has 2 aliphatic rings. The van der Waals surface area contributed by atoms with Crippen molar-refractivity contribution in [3.63, 3.8) is 0 Å². The van der Waals surface area contributed by atoms with E-state index in [1.54, 1.807) is 4.90 Å². The van der Waals surface area contributed by atoms with E-state index in [9.17, 15) is 14.7 Å². The summed E-state index contributed by atoms with van der Waals surface area (Å²) in [5.74, 6) is -0.846. The zero-order valence-corrected chi connectivity index (χ0v) is 14.6. The van der Waals surface area contributed by atoms with Gasteiger partial charge in [-0.1, -0.05) is 0 Å². The number of ether oxygens (including phenoxy) is 1. The topological polar surface area (TPSA) is 82.1 Å². The maximum atomic E-state index is 12.0. The highest BCUT2D eigenvalue weighted by atomic mass is 16.6. The quantitative estimate of drug-likeness (QED) is 0.788. The smallest absolute Gasteiger partial charge is 0.410 e. The molecule has 2 rings (SSSR count). The van der Waals surface area contributed by atoms with Crippen LogP contribution in [0.15, 0.2) is 0 Å². The number of carbonyl (C=O) groups excluding carboxylic acids is 1. The first-order chi connectivity index (χ1) is 10.6. The van der Waals surface area contributed by atoms with Gasteiger partial charge in [0.25, 0.3) is 0 Å². The van der Waals surface area contributed by atoms with Gasteiger partial charge in [-0.3, -0.25) is 4.79 Å². The summed E-state index contributed by atoms with van der Waals surface area (Å²) >= 11 is 0. The molecule has 0 aromatic carbocycles. The average molecular weight is 327 g/mol. The van der Waals surface area contributed by atoms with Crippen LogP contribution in [0.2, 0.25) is 0 Å². The van der Waals surface area contributed by atoms with Crippen molar-refractivity contribution in [2.45, 2.75) is 57.2 Å². The molecule has 2 N–H and O–H groups in total. The van der Waals surface area contributed by atoms with Crippen LogP contribution in [0.1, 0.15) is 40.0 Å². The molecule has 1 atom stereocenters. The van der Waals surface area contributed by atoms with Crippen molar-refractivity contribution in [2.75, 3.05) is 33.2 Å². The second-order valence-corrected chi connectivity index (χ2v) is 7.84. The Bertz CT molecular complexity index is 455. The first-order valence-corrected chi connectivity index (χ1v) is 8.25. The van der Waals surface area contributed by atoms with E-state index < -0.39 is 17.1 Å². The summed E-state index contributed by atoms with van der Waals surface area (Å²) in [6.07, 6.45) is 1.95. The lowest BCUT2D eigenvalue weighted by Gasteiger charge is -2.50. The largest absolute Gasteiger partial charge is 0.481 e. The summed E-state index contributed by atoms with van der Waals surface area (Å²) in [4.78, 5) is 27.1. The Kier molecular flexibility index (Phi) is 5.20. The van der Waals surface area contributed by atoms with Gasteiger partial charge >= 0.3 is 12.1 Å². The molecule has 2 fully saturated rings. The number of rotatable bonds is 5.